The molecule has 1 aromatic heterocycles. The van der Waals surface area contributed by atoms with Gasteiger partial charge in [0.1, 0.15) is 0 Å². The highest BCUT2D eigenvalue weighted by Gasteiger charge is 2.23. The monoisotopic (exact) mass is 257 g/mol. The first-order valence-corrected chi connectivity index (χ1v) is 6.31. The number of aromatic nitrogens is 1. The Morgan fingerprint density at radius 3 is 2.89 bits per heavy atom. The number of aromatic carboxylic acids is 1. The van der Waals surface area contributed by atoms with Crippen LogP contribution < -0.4 is 0 Å². The molecule has 0 amide bonds. The topological polar surface area (TPSA) is 59.4 Å². The van der Waals surface area contributed by atoms with Gasteiger partial charge in [0.2, 0.25) is 0 Å². The summed E-state index contributed by atoms with van der Waals surface area (Å²) in [6.45, 7) is 4.87. The Balaban J connectivity index is 2.46. The van der Waals surface area contributed by atoms with Crippen molar-refractivity contribution in [3.8, 4) is 0 Å². The first kappa shape index (κ1) is 12.1. The fourth-order valence-electron chi connectivity index (χ4n) is 2.81. The molecule has 0 unspecified atom stereocenters. The summed E-state index contributed by atoms with van der Waals surface area (Å²) in [5.41, 5.74) is 4.78. The van der Waals surface area contributed by atoms with Crippen LogP contribution in [0.2, 0.25) is 0 Å². The average Bonchev–Trinajstić information content (AvgIpc) is 2.35. The number of hydrogen-bond acceptors (Lipinski definition) is 3. The molecule has 0 radical (unpaired) electrons. The number of fused-ring (bicyclic) bond motifs is 2. The van der Waals surface area contributed by atoms with E-state index >= 15 is 0 Å². The molecule has 1 N–H and O–H groups in total. The maximum atomic E-state index is 11.6. The van der Waals surface area contributed by atoms with E-state index in [2.05, 4.69) is 4.98 Å². The second-order valence-corrected chi connectivity index (χ2v) is 5.00. The molecule has 19 heavy (non-hydrogen) atoms. The standard InChI is InChI=1S/C15H15NO3/c1-8-5-9(2)13-12(6-8)16-11-3-4-19-7-10(11)14(13)15(17)18/h5-6H,3-4,7H2,1-2H3,(H,17,18). The van der Waals surface area contributed by atoms with Crippen LogP contribution in [0.25, 0.3) is 10.9 Å². The van der Waals surface area contributed by atoms with Crippen LogP contribution in [-0.4, -0.2) is 22.7 Å². The molecule has 4 nitrogen and oxygen atoms in total. The number of nitrogens with zero attached hydrogens (tertiary/aromatic N) is 1. The zero-order chi connectivity index (χ0) is 13.6. The fraction of sp³-hybridized carbons (Fsp3) is 0.333. The van der Waals surface area contributed by atoms with Gasteiger partial charge >= 0.3 is 5.97 Å². The number of hydrogen-bond donors (Lipinski definition) is 1. The van der Waals surface area contributed by atoms with Gasteiger partial charge in [-0.05, 0) is 31.0 Å². The van der Waals surface area contributed by atoms with Gasteiger partial charge in [-0.1, -0.05) is 6.07 Å². The molecule has 0 bridgehead atoms. The molecule has 0 aliphatic carbocycles. The van der Waals surface area contributed by atoms with Crippen molar-refractivity contribution >= 4 is 16.9 Å². The molecule has 0 spiro atoms. The van der Waals surface area contributed by atoms with E-state index in [-0.39, 0.29) is 0 Å². The SMILES string of the molecule is Cc1cc(C)c2c(C(=O)O)c3c(nc2c1)CCOC3. The van der Waals surface area contributed by atoms with Crippen molar-refractivity contribution in [2.75, 3.05) is 6.61 Å². The zero-order valence-corrected chi connectivity index (χ0v) is 11.0. The number of ether oxygens (including phenoxy) is 1. The predicted molar refractivity (Wildman–Crippen MR) is 71.5 cm³/mol. The van der Waals surface area contributed by atoms with E-state index in [1.807, 2.05) is 26.0 Å². The molecule has 0 fully saturated rings. The molecular formula is C15H15NO3. The van der Waals surface area contributed by atoms with E-state index in [0.717, 1.165) is 33.3 Å². The van der Waals surface area contributed by atoms with Crippen molar-refractivity contribution in [3.05, 3.63) is 40.1 Å². The van der Waals surface area contributed by atoms with Gasteiger partial charge in [-0.15, -0.1) is 0 Å². The van der Waals surface area contributed by atoms with Gasteiger partial charge in [-0.3, -0.25) is 4.98 Å². The van der Waals surface area contributed by atoms with Crippen LogP contribution in [0.1, 0.15) is 32.7 Å². The second-order valence-electron chi connectivity index (χ2n) is 5.00. The van der Waals surface area contributed by atoms with Gasteiger partial charge in [0.15, 0.2) is 0 Å². The minimum absolute atomic E-state index is 0.340. The fourth-order valence-corrected chi connectivity index (χ4v) is 2.81. The summed E-state index contributed by atoms with van der Waals surface area (Å²) in [5, 5.41) is 10.3. The highest BCUT2D eigenvalue weighted by atomic mass is 16.5. The van der Waals surface area contributed by atoms with Crippen LogP contribution in [0.15, 0.2) is 12.1 Å². The number of carboxylic acids is 1. The molecule has 0 saturated carbocycles. The number of pyridine rings is 1. The summed E-state index contributed by atoms with van der Waals surface area (Å²) in [4.78, 5) is 16.3. The van der Waals surface area contributed by atoms with Crippen molar-refractivity contribution in [1.82, 2.24) is 4.98 Å². The van der Waals surface area contributed by atoms with Gasteiger partial charge in [-0.25, -0.2) is 4.79 Å². The van der Waals surface area contributed by atoms with Crippen LogP contribution in [0.3, 0.4) is 0 Å². The maximum absolute atomic E-state index is 11.6. The van der Waals surface area contributed by atoms with E-state index in [4.69, 9.17) is 4.74 Å². The molecule has 0 atom stereocenters. The highest BCUT2D eigenvalue weighted by molar-refractivity contribution is 6.05. The van der Waals surface area contributed by atoms with Gasteiger partial charge in [0.25, 0.3) is 0 Å². The van der Waals surface area contributed by atoms with E-state index in [9.17, 15) is 9.90 Å². The lowest BCUT2D eigenvalue weighted by Crippen LogP contribution is -2.17. The number of rotatable bonds is 1. The van der Waals surface area contributed by atoms with E-state index in [0.29, 0.717) is 25.2 Å². The molecule has 4 heteroatoms. The maximum Gasteiger partial charge on any atom is 0.336 e. The third-order valence-electron chi connectivity index (χ3n) is 3.56. The Kier molecular flexibility index (Phi) is 2.75. The zero-order valence-electron chi connectivity index (χ0n) is 11.0. The van der Waals surface area contributed by atoms with Crippen LogP contribution in [0.5, 0.6) is 0 Å². The Bertz CT molecular complexity index is 692. The van der Waals surface area contributed by atoms with E-state index in [1.54, 1.807) is 0 Å². The third kappa shape index (κ3) is 1.88. The van der Waals surface area contributed by atoms with Crippen LogP contribution in [0, 0.1) is 13.8 Å². The summed E-state index contributed by atoms with van der Waals surface area (Å²) in [7, 11) is 0. The molecular weight excluding hydrogens is 242 g/mol. The van der Waals surface area contributed by atoms with Crippen molar-refractivity contribution in [2.24, 2.45) is 0 Å². The molecule has 2 aromatic rings. The van der Waals surface area contributed by atoms with Crippen LogP contribution in [-0.2, 0) is 17.8 Å². The minimum Gasteiger partial charge on any atom is -0.478 e. The Morgan fingerprint density at radius 1 is 1.37 bits per heavy atom. The van der Waals surface area contributed by atoms with Crippen LogP contribution in [0.4, 0.5) is 0 Å². The Morgan fingerprint density at radius 2 is 2.16 bits per heavy atom. The number of aryl methyl sites for hydroxylation is 2. The first-order valence-electron chi connectivity index (χ1n) is 6.31. The third-order valence-corrected chi connectivity index (χ3v) is 3.56. The van der Waals surface area contributed by atoms with Gasteiger partial charge in [0, 0.05) is 23.1 Å². The molecule has 1 aliphatic heterocycles. The molecule has 1 aliphatic rings. The lowest BCUT2D eigenvalue weighted by molar-refractivity contribution is 0.0683. The van der Waals surface area contributed by atoms with E-state index in [1.165, 1.54) is 0 Å². The largest absolute Gasteiger partial charge is 0.478 e. The van der Waals surface area contributed by atoms with Crippen molar-refractivity contribution in [2.45, 2.75) is 26.9 Å². The van der Waals surface area contributed by atoms with Crippen LogP contribution >= 0.6 is 0 Å². The Labute approximate surface area is 111 Å². The second kappa shape index (κ2) is 4.31. The van der Waals surface area contributed by atoms with Gasteiger partial charge < -0.3 is 9.84 Å². The lowest BCUT2D eigenvalue weighted by Gasteiger charge is -2.20. The summed E-state index contributed by atoms with van der Waals surface area (Å²) in [6.07, 6.45) is 0.679. The summed E-state index contributed by atoms with van der Waals surface area (Å²) >= 11 is 0. The lowest BCUT2D eigenvalue weighted by atomic mass is 9.94. The van der Waals surface area contributed by atoms with Crippen molar-refractivity contribution < 1.29 is 14.6 Å². The van der Waals surface area contributed by atoms with Crippen molar-refractivity contribution in [1.29, 1.82) is 0 Å². The normalized spacial score (nSPS) is 14.4. The first-order chi connectivity index (χ1) is 9.08. The summed E-state index contributed by atoms with van der Waals surface area (Å²) in [5.74, 6) is -0.902. The van der Waals surface area contributed by atoms with Gasteiger partial charge in [-0.2, -0.15) is 0 Å². The summed E-state index contributed by atoms with van der Waals surface area (Å²) in [6, 6.07) is 3.94. The molecule has 2 heterocycles. The number of carbonyl (C=O) groups is 1. The number of carboxylic acid groups (broad SMARTS) is 1. The molecule has 0 saturated heterocycles. The molecule has 1 aromatic carbocycles. The number of benzene rings is 1. The van der Waals surface area contributed by atoms with E-state index < -0.39 is 5.97 Å². The average molecular weight is 257 g/mol. The minimum atomic E-state index is -0.902. The highest BCUT2D eigenvalue weighted by Crippen LogP contribution is 2.30. The predicted octanol–water partition coefficient (Wildman–Crippen LogP) is 2.62. The summed E-state index contributed by atoms with van der Waals surface area (Å²) < 4.78 is 5.40. The molecule has 98 valence electrons. The smallest absolute Gasteiger partial charge is 0.336 e. The van der Waals surface area contributed by atoms with Crippen molar-refractivity contribution in [3.63, 3.8) is 0 Å². The Hall–Kier alpha value is -1.94. The quantitative estimate of drug-likeness (QED) is 0.853. The molecule has 3 rings (SSSR count). The van der Waals surface area contributed by atoms with Gasteiger partial charge in [0.05, 0.1) is 24.3 Å².